The van der Waals surface area contributed by atoms with Crippen LogP contribution in [0.1, 0.15) is 31.7 Å². The van der Waals surface area contributed by atoms with Crippen molar-refractivity contribution in [3.05, 3.63) is 35.9 Å². The molecular formula is C18H26N2O3. The molecule has 5 heteroatoms. The maximum Gasteiger partial charge on any atom is 0.311 e. The van der Waals surface area contributed by atoms with Crippen molar-refractivity contribution in [3.8, 4) is 0 Å². The number of carbonyl (C=O) groups excluding carboxylic acids is 2. The molecule has 0 bridgehead atoms. The Morgan fingerprint density at radius 2 is 2.04 bits per heavy atom. The van der Waals surface area contributed by atoms with Crippen molar-refractivity contribution in [3.63, 3.8) is 0 Å². The molecular weight excluding hydrogens is 292 g/mol. The Balaban J connectivity index is 1.91. The van der Waals surface area contributed by atoms with Crippen LogP contribution in [0.25, 0.3) is 0 Å². The number of carbonyl (C=O) groups is 2. The molecule has 3 atom stereocenters. The topological polar surface area (TPSA) is 81.4 Å². The van der Waals surface area contributed by atoms with Gasteiger partial charge in [0.25, 0.3) is 0 Å². The van der Waals surface area contributed by atoms with Crippen molar-refractivity contribution in [1.82, 2.24) is 5.32 Å². The molecule has 1 aromatic rings. The highest BCUT2D eigenvalue weighted by atomic mass is 16.5. The van der Waals surface area contributed by atoms with E-state index in [1.54, 1.807) is 6.92 Å². The summed E-state index contributed by atoms with van der Waals surface area (Å²) in [5, 5.41) is 2.91. The highest BCUT2D eigenvalue weighted by Gasteiger charge is 2.29. The molecule has 1 aliphatic carbocycles. The lowest BCUT2D eigenvalue weighted by atomic mass is 9.98. The first-order valence-electron chi connectivity index (χ1n) is 8.34. The van der Waals surface area contributed by atoms with Crippen molar-refractivity contribution in [2.24, 2.45) is 17.6 Å². The molecule has 2 rings (SSSR count). The van der Waals surface area contributed by atoms with Gasteiger partial charge in [0.05, 0.1) is 12.5 Å². The first-order chi connectivity index (χ1) is 11.1. The van der Waals surface area contributed by atoms with Crippen LogP contribution in [0, 0.1) is 11.8 Å². The third kappa shape index (κ3) is 5.36. The van der Waals surface area contributed by atoms with Gasteiger partial charge in [-0.15, -0.1) is 0 Å². The van der Waals surface area contributed by atoms with Crippen LogP contribution < -0.4 is 11.1 Å². The van der Waals surface area contributed by atoms with Crippen LogP contribution in [-0.4, -0.2) is 31.1 Å². The van der Waals surface area contributed by atoms with E-state index in [0.717, 1.165) is 24.8 Å². The van der Waals surface area contributed by atoms with E-state index in [4.69, 9.17) is 10.5 Å². The van der Waals surface area contributed by atoms with E-state index in [2.05, 4.69) is 5.32 Å². The lowest BCUT2D eigenvalue weighted by Crippen LogP contribution is -2.38. The maximum atomic E-state index is 12.2. The highest BCUT2D eigenvalue weighted by molar-refractivity contribution is 5.80. The average molecular weight is 318 g/mol. The SMILES string of the molecule is CCOC(=O)C(CNC(=O)C1CCC(N)C1)Cc1ccccc1. The van der Waals surface area contributed by atoms with Gasteiger partial charge in [-0.05, 0) is 38.2 Å². The number of nitrogens with one attached hydrogen (secondary N) is 1. The average Bonchev–Trinajstić information content (AvgIpc) is 2.99. The number of esters is 1. The summed E-state index contributed by atoms with van der Waals surface area (Å²) in [6.07, 6.45) is 3.01. The van der Waals surface area contributed by atoms with Crippen molar-refractivity contribution >= 4 is 11.9 Å². The molecule has 3 N–H and O–H groups in total. The molecule has 0 spiro atoms. The summed E-state index contributed by atoms with van der Waals surface area (Å²) in [4.78, 5) is 24.3. The van der Waals surface area contributed by atoms with Crippen LogP contribution in [-0.2, 0) is 20.7 Å². The standard InChI is InChI=1S/C18H26N2O3/c1-2-23-18(22)15(10-13-6-4-3-5-7-13)12-20-17(21)14-8-9-16(19)11-14/h3-7,14-16H,2,8-12,19H2,1H3,(H,20,21). The summed E-state index contributed by atoms with van der Waals surface area (Å²) in [6, 6.07) is 9.89. The van der Waals surface area contributed by atoms with Gasteiger partial charge < -0.3 is 15.8 Å². The summed E-state index contributed by atoms with van der Waals surface area (Å²) in [5.41, 5.74) is 6.91. The zero-order valence-electron chi connectivity index (χ0n) is 13.7. The Kier molecular flexibility index (Phi) is 6.59. The van der Waals surface area contributed by atoms with E-state index in [0.29, 0.717) is 19.6 Å². The molecule has 0 saturated heterocycles. The van der Waals surface area contributed by atoms with Crippen LogP contribution in [0.15, 0.2) is 30.3 Å². The van der Waals surface area contributed by atoms with Gasteiger partial charge >= 0.3 is 5.97 Å². The molecule has 1 amide bonds. The molecule has 23 heavy (non-hydrogen) atoms. The third-order valence-corrected chi connectivity index (χ3v) is 4.31. The predicted octanol–water partition coefficient (Wildman–Crippen LogP) is 1.65. The van der Waals surface area contributed by atoms with Gasteiger partial charge in [-0.2, -0.15) is 0 Å². The minimum absolute atomic E-state index is 0.000287. The monoisotopic (exact) mass is 318 g/mol. The second-order valence-corrected chi connectivity index (χ2v) is 6.15. The first-order valence-corrected chi connectivity index (χ1v) is 8.34. The Morgan fingerprint density at radius 3 is 2.65 bits per heavy atom. The number of nitrogens with two attached hydrogens (primary N) is 1. The van der Waals surface area contributed by atoms with Crippen molar-refractivity contribution in [2.75, 3.05) is 13.2 Å². The zero-order chi connectivity index (χ0) is 16.7. The molecule has 1 saturated carbocycles. The lowest BCUT2D eigenvalue weighted by Gasteiger charge is -2.18. The van der Waals surface area contributed by atoms with E-state index < -0.39 is 0 Å². The van der Waals surface area contributed by atoms with Gasteiger partial charge in [-0.25, -0.2) is 0 Å². The van der Waals surface area contributed by atoms with E-state index in [1.807, 2.05) is 30.3 Å². The second kappa shape index (κ2) is 8.67. The quantitative estimate of drug-likeness (QED) is 0.749. The number of hydrogen-bond acceptors (Lipinski definition) is 4. The molecule has 0 aliphatic heterocycles. The summed E-state index contributed by atoms with van der Waals surface area (Å²) < 4.78 is 5.14. The molecule has 1 fully saturated rings. The Morgan fingerprint density at radius 1 is 1.30 bits per heavy atom. The minimum Gasteiger partial charge on any atom is -0.466 e. The fraction of sp³-hybridized carbons (Fsp3) is 0.556. The first kappa shape index (κ1) is 17.5. The summed E-state index contributed by atoms with van der Waals surface area (Å²) in [6.45, 7) is 2.43. The third-order valence-electron chi connectivity index (χ3n) is 4.31. The van der Waals surface area contributed by atoms with Gasteiger partial charge in [-0.1, -0.05) is 30.3 Å². The normalized spacial score (nSPS) is 21.7. The molecule has 0 aromatic heterocycles. The smallest absolute Gasteiger partial charge is 0.311 e. The fourth-order valence-electron chi connectivity index (χ4n) is 3.02. The van der Waals surface area contributed by atoms with Gasteiger partial charge in [0, 0.05) is 18.5 Å². The Hall–Kier alpha value is -1.88. The predicted molar refractivity (Wildman–Crippen MR) is 88.6 cm³/mol. The molecule has 1 aromatic carbocycles. The van der Waals surface area contributed by atoms with Crippen LogP contribution in [0.5, 0.6) is 0 Å². The number of ether oxygens (including phenoxy) is 1. The van der Waals surface area contributed by atoms with Gasteiger partial charge in [0.15, 0.2) is 0 Å². The minimum atomic E-state index is -0.364. The van der Waals surface area contributed by atoms with Crippen LogP contribution >= 0.6 is 0 Å². The van der Waals surface area contributed by atoms with Gasteiger partial charge in [0.1, 0.15) is 0 Å². The summed E-state index contributed by atoms with van der Waals surface area (Å²) in [5.74, 6) is -0.652. The van der Waals surface area contributed by atoms with Gasteiger partial charge in [0.2, 0.25) is 5.91 Å². The van der Waals surface area contributed by atoms with E-state index in [-0.39, 0.29) is 29.8 Å². The largest absolute Gasteiger partial charge is 0.466 e. The van der Waals surface area contributed by atoms with Crippen molar-refractivity contribution in [2.45, 2.75) is 38.6 Å². The Labute approximate surface area is 137 Å². The molecule has 5 nitrogen and oxygen atoms in total. The number of benzene rings is 1. The summed E-state index contributed by atoms with van der Waals surface area (Å²) >= 11 is 0. The van der Waals surface area contributed by atoms with Crippen molar-refractivity contribution < 1.29 is 14.3 Å². The molecule has 1 aliphatic rings. The molecule has 0 heterocycles. The van der Waals surface area contributed by atoms with E-state index >= 15 is 0 Å². The van der Waals surface area contributed by atoms with Crippen molar-refractivity contribution in [1.29, 1.82) is 0 Å². The molecule has 126 valence electrons. The Bertz CT molecular complexity index is 518. The fourth-order valence-corrected chi connectivity index (χ4v) is 3.02. The molecule has 0 radical (unpaired) electrons. The van der Waals surface area contributed by atoms with E-state index in [9.17, 15) is 9.59 Å². The second-order valence-electron chi connectivity index (χ2n) is 6.15. The van der Waals surface area contributed by atoms with Gasteiger partial charge in [-0.3, -0.25) is 9.59 Å². The van der Waals surface area contributed by atoms with Crippen LogP contribution in [0.4, 0.5) is 0 Å². The number of amides is 1. The maximum absolute atomic E-state index is 12.2. The number of rotatable bonds is 7. The van der Waals surface area contributed by atoms with Crippen LogP contribution in [0.2, 0.25) is 0 Å². The highest BCUT2D eigenvalue weighted by Crippen LogP contribution is 2.24. The summed E-state index contributed by atoms with van der Waals surface area (Å²) in [7, 11) is 0. The van der Waals surface area contributed by atoms with E-state index in [1.165, 1.54) is 0 Å². The number of hydrogen-bond donors (Lipinski definition) is 2. The van der Waals surface area contributed by atoms with Crippen LogP contribution in [0.3, 0.4) is 0 Å². The zero-order valence-corrected chi connectivity index (χ0v) is 13.7. The molecule has 3 unspecified atom stereocenters. The lowest BCUT2D eigenvalue weighted by molar-refractivity contribution is -0.148.